The van der Waals surface area contributed by atoms with Gasteiger partial charge in [-0.2, -0.15) is 5.10 Å². The number of nitrogens with one attached hydrogen (secondary N) is 1. The quantitative estimate of drug-likeness (QED) is 0.170. The van der Waals surface area contributed by atoms with Gasteiger partial charge in [0.05, 0.1) is 18.4 Å². The van der Waals surface area contributed by atoms with Gasteiger partial charge < -0.3 is 14.6 Å². The van der Waals surface area contributed by atoms with E-state index < -0.39 is 11.9 Å². The highest BCUT2D eigenvalue weighted by Crippen LogP contribution is 2.17. The zero-order chi connectivity index (χ0) is 22.8. The first-order chi connectivity index (χ1) is 15.5. The van der Waals surface area contributed by atoms with Crippen molar-refractivity contribution in [1.82, 2.24) is 5.43 Å². The lowest BCUT2D eigenvalue weighted by Crippen LogP contribution is -2.17. The highest BCUT2D eigenvalue weighted by Gasteiger charge is 2.09. The Morgan fingerprint density at radius 2 is 1.53 bits per heavy atom. The van der Waals surface area contributed by atoms with Crippen LogP contribution in [0, 0.1) is 0 Å². The molecular weight excluding hydrogens is 408 g/mol. The maximum absolute atomic E-state index is 12.3. The van der Waals surface area contributed by atoms with Crippen LogP contribution in [0.4, 0.5) is 0 Å². The molecule has 0 saturated heterocycles. The molecule has 0 atom stereocenters. The predicted molar refractivity (Wildman–Crippen MR) is 121 cm³/mol. The Hall–Kier alpha value is -4.13. The highest BCUT2D eigenvalue weighted by molar-refractivity contribution is 5.95. The van der Waals surface area contributed by atoms with Crippen LogP contribution in [0.5, 0.6) is 17.2 Å². The van der Waals surface area contributed by atoms with Crippen molar-refractivity contribution in [1.29, 1.82) is 0 Å². The van der Waals surface area contributed by atoms with Crippen LogP contribution in [-0.4, -0.2) is 29.8 Å². The number of benzene rings is 3. The van der Waals surface area contributed by atoms with E-state index in [2.05, 4.69) is 17.5 Å². The predicted octanol–water partition coefficient (Wildman–Crippen LogP) is 4.55. The molecule has 7 nitrogen and oxygen atoms in total. The van der Waals surface area contributed by atoms with Gasteiger partial charge in [-0.15, -0.1) is 0 Å². The number of carbonyl (C=O) groups is 2. The van der Waals surface area contributed by atoms with Crippen LogP contribution in [-0.2, 0) is 0 Å². The minimum atomic E-state index is -0.465. The van der Waals surface area contributed by atoms with Crippen LogP contribution in [0.2, 0.25) is 0 Å². The molecule has 32 heavy (non-hydrogen) atoms. The molecule has 0 unspecified atom stereocenters. The number of nitrogens with zero attached hydrogens (tertiary/aromatic N) is 1. The fourth-order valence-electron chi connectivity index (χ4n) is 2.65. The van der Waals surface area contributed by atoms with Gasteiger partial charge in [-0.05, 0) is 84.8 Å². The molecule has 3 rings (SSSR count). The Kier molecular flexibility index (Phi) is 7.97. The van der Waals surface area contributed by atoms with Crippen molar-refractivity contribution < 1.29 is 24.2 Å². The number of ether oxygens (including phenoxy) is 2. The second kappa shape index (κ2) is 11.3. The third-order valence-electron chi connectivity index (χ3n) is 4.46. The number of esters is 1. The first kappa shape index (κ1) is 22.6. The number of hydrogen-bond acceptors (Lipinski definition) is 6. The standard InChI is InChI=1S/C25H24N2O5/c1-2-3-16-31-22-14-8-20(9-15-22)25(30)32-23-12-4-18(5-13-23)17-26-27-24(29)19-6-10-21(28)11-7-19/h4-15,17,28H,2-3,16H2,1H3,(H,27,29)/b26-17-. The summed E-state index contributed by atoms with van der Waals surface area (Å²) in [6.07, 6.45) is 3.51. The van der Waals surface area contributed by atoms with Gasteiger partial charge in [0.1, 0.15) is 17.2 Å². The second-order valence-electron chi connectivity index (χ2n) is 6.93. The van der Waals surface area contributed by atoms with E-state index in [1.54, 1.807) is 48.5 Å². The number of hydrazone groups is 1. The van der Waals surface area contributed by atoms with Gasteiger partial charge in [0.15, 0.2) is 0 Å². The van der Waals surface area contributed by atoms with Crippen LogP contribution >= 0.6 is 0 Å². The van der Waals surface area contributed by atoms with Gasteiger partial charge in [0, 0.05) is 5.56 Å². The smallest absolute Gasteiger partial charge is 0.343 e. The minimum Gasteiger partial charge on any atom is -0.508 e. The summed E-state index contributed by atoms with van der Waals surface area (Å²) >= 11 is 0. The average Bonchev–Trinajstić information content (AvgIpc) is 2.81. The number of carbonyl (C=O) groups excluding carboxylic acids is 2. The fourth-order valence-corrected chi connectivity index (χ4v) is 2.65. The lowest BCUT2D eigenvalue weighted by Gasteiger charge is -2.07. The molecule has 0 heterocycles. The average molecular weight is 432 g/mol. The van der Waals surface area contributed by atoms with E-state index in [1.165, 1.54) is 30.5 Å². The van der Waals surface area contributed by atoms with E-state index in [0.29, 0.717) is 29.0 Å². The molecule has 0 aliphatic carbocycles. The van der Waals surface area contributed by atoms with Crippen molar-refractivity contribution in [2.24, 2.45) is 5.10 Å². The Balaban J connectivity index is 1.50. The third-order valence-corrected chi connectivity index (χ3v) is 4.46. The van der Waals surface area contributed by atoms with Crippen molar-refractivity contribution in [3.8, 4) is 17.2 Å². The van der Waals surface area contributed by atoms with Gasteiger partial charge in [0.2, 0.25) is 0 Å². The third kappa shape index (κ3) is 6.70. The Bertz CT molecular complexity index is 1060. The molecule has 0 bridgehead atoms. The molecule has 0 aliphatic rings. The van der Waals surface area contributed by atoms with Crippen LogP contribution in [0.15, 0.2) is 77.9 Å². The van der Waals surface area contributed by atoms with E-state index >= 15 is 0 Å². The first-order valence-corrected chi connectivity index (χ1v) is 10.2. The Morgan fingerprint density at radius 3 is 2.19 bits per heavy atom. The minimum absolute atomic E-state index is 0.0827. The molecule has 0 aromatic heterocycles. The summed E-state index contributed by atoms with van der Waals surface area (Å²) in [6.45, 7) is 2.75. The van der Waals surface area contributed by atoms with Gasteiger partial charge in [-0.3, -0.25) is 4.79 Å². The molecule has 3 aromatic carbocycles. The summed E-state index contributed by atoms with van der Waals surface area (Å²) in [6, 6.07) is 19.4. The Labute approximate surface area is 186 Å². The monoisotopic (exact) mass is 432 g/mol. The summed E-state index contributed by atoms with van der Waals surface area (Å²) in [5.74, 6) is 0.334. The maximum atomic E-state index is 12.3. The molecule has 0 saturated carbocycles. The summed E-state index contributed by atoms with van der Waals surface area (Å²) in [4.78, 5) is 24.3. The van der Waals surface area contributed by atoms with Gasteiger partial charge in [-0.25, -0.2) is 10.2 Å². The van der Waals surface area contributed by atoms with Crippen molar-refractivity contribution in [2.75, 3.05) is 6.61 Å². The zero-order valence-electron chi connectivity index (χ0n) is 17.7. The molecule has 3 aromatic rings. The van der Waals surface area contributed by atoms with E-state index in [9.17, 15) is 14.7 Å². The topological polar surface area (TPSA) is 97.2 Å². The lowest BCUT2D eigenvalue weighted by atomic mass is 10.2. The van der Waals surface area contributed by atoms with E-state index in [-0.39, 0.29) is 5.75 Å². The molecule has 0 fully saturated rings. The van der Waals surface area contributed by atoms with E-state index in [1.807, 2.05) is 0 Å². The normalized spacial score (nSPS) is 10.7. The SMILES string of the molecule is CCCCOc1ccc(C(=O)Oc2ccc(/C=N\NC(=O)c3ccc(O)cc3)cc2)cc1. The number of hydrogen-bond donors (Lipinski definition) is 2. The van der Waals surface area contributed by atoms with Crippen molar-refractivity contribution >= 4 is 18.1 Å². The van der Waals surface area contributed by atoms with Gasteiger partial charge in [0.25, 0.3) is 5.91 Å². The summed E-state index contributed by atoms with van der Waals surface area (Å²) in [7, 11) is 0. The lowest BCUT2D eigenvalue weighted by molar-refractivity contribution is 0.0734. The number of phenolic OH excluding ortho intramolecular Hbond substituents is 1. The van der Waals surface area contributed by atoms with Crippen molar-refractivity contribution in [2.45, 2.75) is 19.8 Å². The molecule has 1 amide bonds. The van der Waals surface area contributed by atoms with Gasteiger partial charge in [-0.1, -0.05) is 13.3 Å². The fraction of sp³-hybridized carbons (Fsp3) is 0.160. The van der Waals surface area contributed by atoms with Crippen molar-refractivity contribution in [3.63, 3.8) is 0 Å². The van der Waals surface area contributed by atoms with Crippen LogP contribution in [0.3, 0.4) is 0 Å². The molecule has 164 valence electrons. The number of phenols is 1. The number of aromatic hydroxyl groups is 1. The molecule has 2 N–H and O–H groups in total. The number of unbranched alkanes of at least 4 members (excludes halogenated alkanes) is 1. The number of amides is 1. The number of rotatable bonds is 9. The molecule has 7 heteroatoms. The summed E-state index contributed by atoms with van der Waals surface area (Å²) in [5, 5.41) is 13.2. The van der Waals surface area contributed by atoms with Crippen LogP contribution < -0.4 is 14.9 Å². The molecule has 0 radical (unpaired) electrons. The highest BCUT2D eigenvalue weighted by atomic mass is 16.5. The molecule has 0 aliphatic heterocycles. The van der Waals surface area contributed by atoms with Crippen LogP contribution in [0.25, 0.3) is 0 Å². The van der Waals surface area contributed by atoms with E-state index in [4.69, 9.17) is 9.47 Å². The molecular formula is C25H24N2O5. The largest absolute Gasteiger partial charge is 0.508 e. The summed E-state index contributed by atoms with van der Waals surface area (Å²) < 4.78 is 11.0. The van der Waals surface area contributed by atoms with E-state index in [0.717, 1.165) is 18.6 Å². The second-order valence-corrected chi connectivity index (χ2v) is 6.93. The maximum Gasteiger partial charge on any atom is 0.343 e. The van der Waals surface area contributed by atoms with Crippen LogP contribution in [0.1, 0.15) is 46.0 Å². The van der Waals surface area contributed by atoms with Gasteiger partial charge >= 0.3 is 5.97 Å². The summed E-state index contributed by atoms with van der Waals surface area (Å²) in [5.41, 5.74) is 3.93. The zero-order valence-corrected chi connectivity index (χ0v) is 17.7. The molecule has 0 spiro atoms. The Morgan fingerprint density at radius 1 is 0.906 bits per heavy atom. The van der Waals surface area contributed by atoms with Crippen molar-refractivity contribution in [3.05, 3.63) is 89.5 Å². The first-order valence-electron chi connectivity index (χ1n) is 10.2.